The van der Waals surface area contributed by atoms with Gasteiger partial charge in [-0.05, 0) is 94.1 Å². The van der Waals surface area contributed by atoms with Crippen LogP contribution < -0.4 is 9.44 Å². The van der Waals surface area contributed by atoms with Crippen LogP contribution in [0.25, 0.3) is 0 Å². The Morgan fingerprint density at radius 2 is 1.19 bits per heavy atom. The fourth-order valence-corrected chi connectivity index (χ4v) is 5.78. The van der Waals surface area contributed by atoms with E-state index in [0.717, 1.165) is 16.7 Å². The quantitative estimate of drug-likeness (QED) is 0.791. The summed E-state index contributed by atoms with van der Waals surface area (Å²) in [5.41, 5.74) is 5.05. The minimum atomic E-state index is -3.88. The van der Waals surface area contributed by atoms with Crippen LogP contribution in [-0.2, 0) is 20.0 Å². The van der Waals surface area contributed by atoms with E-state index in [4.69, 9.17) is 0 Å². The molecular formula is C19H26N2O4S2. The molecule has 2 aromatic rings. The van der Waals surface area contributed by atoms with Gasteiger partial charge >= 0.3 is 0 Å². The van der Waals surface area contributed by atoms with Gasteiger partial charge in [0.15, 0.2) is 0 Å². The number of aryl methyl sites for hydroxylation is 1. The summed E-state index contributed by atoms with van der Waals surface area (Å²) in [6.07, 6.45) is 0. The van der Waals surface area contributed by atoms with Crippen molar-refractivity contribution in [3.05, 3.63) is 51.6 Å². The maximum atomic E-state index is 13.1. The Morgan fingerprint density at radius 3 is 1.67 bits per heavy atom. The molecule has 0 heterocycles. The number of nitrogens with one attached hydrogen (secondary N) is 2. The van der Waals surface area contributed by atoms with Crippen molar-refractivity contribution in [3.63, 3.8) is 0 Å². The standard InChI is InChI=1S/C19H26N2O4S2/c1-11-8-9-17(10-18(11)26(22,23)20-7)21-27(24,25)19-15(5)13(3)12(2)14(4)16(19)6/h8-10,20-21H,1-7H3. The molecule has 0 unspecified atom stereocenters. The molecule has 0 atom stereocenters. The van der Waals surface area contributed by atoms with E-state index in [1.165, 1.54) is 13.1 Å². The van der Waals surface area contributed by atoms with Crippen molar-refractivity contribution in [1.29, 1.82) is 0 Å². The molecule has 6 nitrogen and oxygen atoms in total. The summed E-state index contributed by atoms with van der Waals surface area (Å²) in [6, 6.07) is 4.46. The van der Waals surface area contributed by atoms with E-state index in [1.54, 1.807) is 32.9 Å². The zero-order valence-corrected chi connectivity index (χ0v) is 18.3. The third kappa shape index (κ3) is 3.88. The highest BCUT2D eigenvalue weighted by molar-refractivity contribution is 7.92. The molecule has 148 valence electrons. The van der Waals surface area contributed by atoms with Crippen molar-refractivity contribution >= 4 is 25.7 Å². The number of benzene rings is 2. The molecule has 0 saturated carbocycles. The van der Waals surface area contributed by atoms with Gasteiger partial charge in [-0.1, -0.05) is 6.07 Å². The first kappa shape index (κ1) is 21.4. The molecule has 2 rings (SSSR count). The lowest BCUT2D eigenvalue weighted by Crippen LogP contribution is -2.21. The van der Waals surface area contributed by atoms with E-state index in [2.05, 4.69) is 9.44 Å². The molecule has 8 heteroatoms. The molecule has 0 bridgehead atoms. The fraction of sp³-hybridized carbons (Fsp3) is 0.368. The van der Waals surface area contributed by atoms with Crippen molar-refractivity contribution in [1.82, 2.24) is 4.72 Å². The minimum absolute atomic E-state index is 0.0370. The van der Waals surface area contributed by atoms with Gasteiger partial charge in [0.1, 0.15) is 0 Å². The molecule has 0 fully saturated rings. The van der Waals surface area contributed by atoms with E-state index >= 15 is 0 Å². The van der Waals surface area contributed by atoms with Gasteiger partial charge < -0.3 is 0 Å². The highest BCUT2D eigenvalue weighted by Crippen LogP contribution is 2.31. The Hall–Kier alpha value is -1.90. The number of sulfonamides is 2. The van der Waals surface area contributed by atoms with E-state index in [9.17, 15) is 16.8 Å². The van der Waals surface area contributed by atoms with Crippen LogP contribution in [0.15, 0.2) is 28.0 Å². The van der Waals surface area contributed by atoms with Gasteiger partial charge in [0.25, 0.3) is 10.0 Å². The highest BCUT2D eigenvalue weighted by atomic mass is 32.2. The molecule has 27 heavy (non-hydrogen) atoms. The molecular weight excluding hydrogens is 384 g/mol. The first-order chi connectivity index (χ1) is 12.3. The second-order valence-corrected chi connectivity index (χ2v) is 10.2. The maximum Gasteiger partial charge on any atom is 0.262 e. The number of hydrogen-bond acceptors (Lipinski definition) is 4. The first-order valence-electron chi connectivity index (χ1n) is 8.47. The van der Waals surface area contributed by atoms with Crippen LogP contribution in [0.5, 0.6) is 0 Å². The number of hydrogen-bond donors (Lipinski definition) is 2. The fourth-order valence-electron chi connectivity index (χ4n) is 3.14. The predicted molar refractivity (Wildman–Crippen MR) is 108 cm³/mol. The van der Waals surface area contributed by atoms with Crippen LogP contribution in [0.3, 0.4) is 0 Å². The van der Waals surface area contributed by atoms with Crippen molar-refractivity contribution in [2.45, 2.75) is 51.3 Å². The third-order valence-electron chi connectivity index (χ3n) is 5.20. The van der Waals surface area contributed by atoms with Crippen LogP contribution >= 0.6 is 0 Å². The maximum absolute atomic E-state index is 13.1. The molecule has 0 saturated heterocycles. The largest absolute Gasteiger partial charge is 0.280 e. The van der Waals surface area contributed by atoms with Crippen LogP contribution in [0.1, 0.15) is 33.4 Å². The summed E-state index contributed by atoms with van der Waals surface area (Å²) in [6.45, 7) is 11.0. The Labute approximate surface area is 162 Å². The predicted octanol–water partition coefficient (Wildman–Crippen LogP) is 3.25. The highest BCUT2D eigenvalue weighted by Gasteiger charge is 2.24. The smallest absolute Gasteiger partial charge is 0.262 e. The Kier molecular flexibility index (Phi) is 5.75. The van der Waals surface area contributed by atoms with Crippen molar-refractivity contribution in [2.24, 2.45) is 0 Å². The van der Waals surface area contributed by atoms with Crippen LogP contribution in [-0.4, -0.2) is 23.9 Å². The lowest BCUT2D eigenvalue weighted by molar-refractivity contribution is 0.587. The lowest BCUT2D eigenvalue weighted by atomic mass is 9.95. The molecule has 0 spiro atoms. The van der Waals surface area contributed by atoms with Crippen molar-refractivity contribution in [2.75, 3.05) is 11.8 Å². The van der Waals surface area contributed by atoms with Gasteiger partial charge in [-0.3, -0.25) is 4.72 Å². The number of anilines is 1. The molecule has 0 amide bonds. The van der Waals surface area contributed by atoms with Gasteiger partial charge in [0, 0.05) is 0 Å². The molecule has 0 radical (unpaired) electrons. The van der Waals surface area contributed by atoms with Gasteiger partial charge in [-0.25, -0.2) is 21.6 Å². The molecule has 0 aromatic heterocycles. The number of rotatable bonds is 5. The van der Waals surface area contributed by atoms with E-state index in [-0.39, 0.29) is 15.5 Å². The third-order valence-corrected chi connectivity index (χ3v) is 8.41. The van der Waals surface area contributed by atoms with Gasteiger partial charge in [0.05, 0.1) is 15.5 Å². The minimum Gasteiger partial charge on any atom is -0.280 e. The molecule has 0 aliphatic rings. The van der Waals surface area contributed by atoms with Gasteiger partial charge in [-0.15, -0.1) is 0 Å². The second kappa shape index (κ2) is 7.26. The van der Waals surface area contributed by atoms with Gasteiger partial charge in [0.2, 0.25) is 10.0 Å². The monoisotopic (exact) mass is 410 g/mol. The first-order valence-corrected chi connectivity index (χ1v) is 11.4. The van der Waals surface area contributed by atoms with Crippen LogP contribution in [0.2, 0.25) is 0 Å². The summed E-state index contributed by atoms with van der Waals surface area (Å²) >= 11 is 0. The van der Waals surface area contributed by atoms with E-state index in [1.807, 2.05) is 20.8 Å². The van der Waals surface area contributed by atoms with Crippen LogP contribution in [0.4, 0.5) is 5.69 Å². The SMILES string of the molecule is CNS(=O)(=O)c1cc(NS(=O)(=O)c2c(C)c(C)c(C)c(C)c2C)ccc1C. The van der Waals surface area contributed by atoms with Crippen LogP contribution in [0, 0.1) is 41.5 Å². The van der Waals surface area contributed by atoms with Gasteiger partial charge in [-0.2, -0.15) is 0 Å². The zero-order chi connectivity index (χ0) is 20.7. The summed E-state index contributed by atoms with van der Waals surface area (Å²) in [5.74, 6) is 0. The zero-order valence-electron chi connectivity index (χ0n) is 16.7. The average molecular weight is 411 g/mol. The molecule has 2 aromatic carbocycles. The van der Waals surface area contributed by atoms with Crippen molar-refractivity contribution in [3.8, 4) is 0 Å². The molecule has 0 aliphatic heterocycles. The van der Waals surface area contributed by atoms with E-state index in [0.29, 0.717) is 16.7 Å². The Morgan fingerprint density at radius 1 is 0.704 bits per heavy atom. The molecule has 2 N–H and O–H groups in total. The topological polar surface area (TPSA) is 92.3 Å². The molecule has 0 aliphatic carbocycles. The summed E-state index contributed by atoms with van der Waals surface area (Å²) in [5, 5.41) is 0. The summed E-state index contributed by atoms with van der Waals surface area (Å²) in [7, 11) is -6.26. The second-order valence-electron chi connectivity index (χ2n) is 6.75. The normalized spacial score (nSPS) is 12.3. The summed E-state index contributed by atoms with van der Waals surface area (Å²) < 4.78 is 55.3. The Bertz CT molecular complexity index is 1090. The van der Waals surface area contributed by atoms with E-state index < -0.39 is 20.0 Å². The summed E-state index contributed by atoms with van der Waals surface area (Å²) in [4.78, 5) is 0.275. The lowest BCUT2D eigenvalue weighted by Gasteiger charge is -2.19. The van der Waals surface area contributed by atoms with Crippen molar-refractivity contribution < 1.29 is 16.8 Å². The average Bonchev–Trinajstić information content (AvgIpc) is 2.59. The Balaban J connectivity index is 2.61.